The highest BCUT2D eigenvalue weighted by Crippen LogP contribution is 2.27. The van der Waals surface area contributed by atoms with Gasteiger partial charge >= 0.3 is 0 Å². The first-order valence-corrected chi connectivity index (χ1v) is 6.41. The van der Waals surface area contributed by atoms with E-state index < -0.39 is 0 Å². The number of hydrogen-bond acceptors (Lipinski definition) is 2. The van der Waals surface area contributed by atoms with Gasteiger partial charge in [0, 0.05) is 12.1 Å². The Labute approximate surface area is 131 Å². The lowest BCUT2D eigenvalue weighted by molar-refractivity contribution is -0.509. The van der Waals surface area contributed by atoms with Crippen LogP contribution in [0.5, 0.6) is 11.5 Å². The number of phenols is 2. The van der Waals surface area contributed by atoms with E-state index in [4.69, 9.17) is 0 Å². The number of aromatic nitrogens is 1. The molecule has 0 bridgehead atoms. The fourth-order valence-corrected chi connectivity index (χ4v) is 2.68. The molecule has 0 spiro atoms. The first-order chi connectivity index (χ1) is 9.72. The molecule has 0 fully saturated rings. The third kappa shape index (κ3) is 2.08. The van der Waals surface area contributed by atoms with E-state index in [9.17, 15) is 10.2 Å². The predicted octanol–water partition coefficient (Wildman–Crippen LogP) is 0.147. The molecule has 104 valence electrons. The maximum Gasteiger partial charge on any atom is 0.219 e. The van der Waals surface area contributed by atoms with E-state index in [2.05, 4.69) is 0 Å². The normalized spacial score (nSPS) is 10.9. The van der Waals surface area contributed by atoms with Crippen molar-refractivity contribution < 1.29 is 31.6 Å². The molecule has 2 N–H and O–H groups in total. The zero-order valence-corrected chi connectivity index (χ0v) is 12.6. The van der Waals surface area contributed by atoms with Crippen molar-refractivity contribution in [2.45, 2.75) is 0 Å². The molecule has 0 unspecified atom stereocenters. The number of hydrogen-bond donors (Lipinski definition) is 2. The van der Waals surface area contributed by atoms with E-state index in [1.165, 1.54) is 0 Å². The zero-order valence-electron chi connectivity index (χ0n) is 11.0. The van der Waals surface area contributed by atoms with Crippen LogP contribution >= 0.6 is 0 Å². The molecule has 0 radical (unpaired) electrons. The Bertz CT molecular complexity index is 982. The lowest BCUT2D eigenvalue weighted by atomic mass is 10.1. The topological polar surface area (TPSA) is 44.6 Å². The lowest BCUT2D eigenvalue weighted by Gasteiger charge is -2.02. The highest BCUT2D eigenvalue weighted by Gasteiger charge is 2.12. The minimum absolute atomic E-state index is 0. The molecule has 21 heavy (non-hydrogen) atoms. The summed E-state index contributed by atoms with van der Waals surface area (Å²) in [6.07, 6.45) is 3.87. The first kappa shape index (κ1) is 13.6. The number of nitrogens with zero attached hydrogens (tertiary/aromatic N) is 1. The van der Waals surface area contributed by atoms with E-state index >= 15 is 0 Å². The Morgan fingerprint density at radius 1 is 0.810 bits per heavy atom. The minimum Gasteiger partial charge on any atom is -1.00 e. The summed E-state index contributed by atoms with van der Waals surface area (Å²) in [7, 11) is 0. The van der Waals surface area contributed by atoms with Crippen molar-refractivity contribution in [2.24, 2.45) is 0 Å². The monoisotopic (exact) mass is 341 g/mol. The van der Waals surface area contributed by atoms with Gasteiger partial charge in [0.2, 0.25) is 5.52 Å². The van der Waals surface area contributed by atoms with Crippen LogP contribution in [0.25, 0.3) is 27.1 Å². The molecule has 4 rings (SSSR count). The summed E-state index contributed by atoms with van der Waals surface area (Å²) < 4.78 is 1.96. The van der Waals surface area contributed by atoms with Gasteiger partial charge in [-0.05, 0) is 29.0 Å². The van der Waals surface area contributed by atoms with Crippen molar-refractivity contribution in [3.8, 4) is 11.5 Å². The molecule has 2 aromatic carbocycles. The fraction of sp³-hybridized carbons (Fsp3) is 0. The molecule has 0 atom stereocenters. The number of phenolic OH excluding ortho intramolecular Hbond substituents is 2. The third-order valence-electron chi connectivity index (χ3n) is 3.68. The molecule has 0 amide bonds. The summed E-state index contributed by atoms with van der Waals surface area (Å²) in [5, 5.41) is 23.5. The van der Waals surface area contributed by atoms with Crippen LogP contribution in [0.2, 0.25) is 0 Å². The number of fused-ring (bicyclic) bond motifs is 4. The molecule has 0 saturated heterocycles. The van der Waals surface area contributed by atoms with Crippen molar-refractivity contribution in [3.63, 3.8) is 0 Å². The van der Waals surface area contributed by atoms with E-state index in [0.717, 1.165) is 27.1 Å². The Kier molecular flexibility index (Phi) is 3.18. The van der Waals surface area contributed by atoms with Gasteiger partial charge < -0.3 is 27.2 Å². The molecule has 2 heterocycles. The summed E-state index contributed by atoms with van der Waals surface area (Å²) in [6.45, 7) is 0. The van der Waals surface area contributed by atoms with Crippen LogP contribution in [0, 0.1) is 0 Å². The quantitative estimate of drug-likeness (QED) is 0.271. The largest absolute Gasteiger partial charge is 1.00 e. The van der Waals surface area contributed by atoms with Gasteiger partial charge in [0.1, 0.15) is 11.5 Å². The summed E-state index contributed by atoms with van der Waals surface area (Å²) in [5.41, 5.74) is 0.997. The number of benzene rings is 2. The molecule has 0 saturated carbocycles. The lowest BCUT2D eigenvalue weighted by Crippen LogP contribution is -3.00. The molecule has 4 heteroatoms. The van der Waals surface area contributed by atoms with E-state index in [0.29, 0.717) is 0 Å². The summed E-state index contributed by atoms with van der Waals surface area (Å²) in [4.78, 5) is 0. The maximum atomic E-state index is 9.93. The number of pyridine rings is 2. The standard InChI is InChI=1S/C17H11NO2.BrH/c19-13-5-4-11-6-7-18-10-15-12(2-1-3-17(15)20)8-16(18)14(11)9-13;/h1-10,19H;1H. The Balaban J connectivity index is 0.00000132. The van der Waals surface area contributed by atoms with Crippen LogP contribution in [-0.2, 0) is 0 Å². The Morgan fingerprint density at radius 2 is 1.67 bits per heavy atom. The number of rotatable bonds is 0. The number of halogens is 1. The third-order valence-corrected chi connectivity index (χ3v) is 3.68. The maximum absolute atomic E-state index is 9.93. The van der Waals surface area contributed by atoms with E-state index in [1.54, 1.807) is 18.2 Å². The second kappa shape index (κ2) is 4.90. The van der Waals surface area contributed by atoms with E-state index in [-0.39, 0.29) is 28.5 Å². The smallest absolute Gasteiger partial charge is 0.219 e. The van der Waals surface area contributed by atoms with Crippen molar-refractivity contribution >= 4 is 27.1 Å². The zero-order chi connectivity index (χ0) is 13.7. The van der Waals surface area contributed by atoms with Gasteiger partial charge in [-0.1, -0.05) is 18.2 Å². The number of aromatic hydroxyl groups is 2. The van der Waals surface area contributed by atoms with Gasteiger partial charge in [0.05, 0.1) is 10.8 Å². The van der Waals surface area contributed by atoms with Gasteiger partial charge in [-0.15, -0.1) is 0 Å². The molecule has 0 aliphatic rings. The first-order valence-electron chi connectivity index (χ1n) is 6.41. The average molecular weight is 342 g/mol. The van der Waals surface area contributed by atoms with Gasteiger partial charge in [0.15, 0.2) is 12.4 Å². The van der Waals surface area contributed by atoms with Crippen LogP contribution in [0.1, 0.15) is 0 Å². The van der Waals surface area contributed by atoms with Gasteiger partial charge in [-0.2, -0.15) is 4.40 Å². The molecular formula is C17H12BrNO2. The summed E-state index contributed by atoms with van der Waals surface area (Å²) in [6, 6.07) is 14.8. The molecular weight excluding hydrogens is 330 g/mol. The summed E-state index contributed by atoms with van der Waals surface area (Å²) >= 11 is 0. The van der Waals surface area contributed by atoms with Crippen LogP contribution < -0.4 is 21.4 Å². The van der Waals surface area contributed by atoms with Crippen LogP contribution in [0.15, 0.2) is 60.9 Å². The average Bonchev–Trinajstić information content (AvgIpc) is 2.46. The van der Waals surface area contributed by atoms with Crippen molar-refractivity contribution in [1.82, 2.24) is 0 Å². The molecule has 0 aliphatic carbocycles. The Hall–Kier alpha value is -2.33. The Morgan fingerprint density at radius 3 is 2.52 bits per heavy atom. The SMILES string of the molecule is Oc1ccc2cc[n+]3cc4c(O)cccc4cc3c2c1.[Br-]. The van der Waals surface area contributed by atoms with Gasteiger partial charge in [-0.25, -0.2) is 0 Å². The fourth-order valence-electron chi connectivity index (χ4n) is 2.68. The second-order valence-corrected chi connectivity index (χ2v) is 4.93. The minimum atomic E-state index is 0. The molecule has 0 aliphatic heterocycles. The van der Waals surface area contributed by atoms with Gasteiger partial charge in [-0.3, -0.25) is 0 Å². The van der Waals surface area contributed by atoms with E-state index in [1.807, 2.05) is 47.1 Å². The van der Waals surface area contributed by atoms with Gasteiger partial charge in [0.25, 0.3) is 0 Å². The second-order valence-electron chi connectivity index (χ2n) is 4.93. The van der Waals surface area contributed by atoms with Crippen LogP contribution in [-0.4, -0.2) is 10.2 Å². The van der Waals surface area contributed by atoms with Crippen molar-refractivity contribution in [1.29, 1.82) is 0 Å². The van der Waals surface area contributed by atoms with Crippen molar-refractivity contribution in [2.75, 3.05) is 0 Å². The molecule has 4 aromatic rings. The van der Waals surface area contributed by atoms with Crippen LogP contribution in [0.4, 0.5) is 0 Å². The summed E-state index contributed by atoms with van der Waals surface area (Å²) in [5.74, 6) is 0.523. The highest BCUT2D eigenvalue weighted by molar-refractivity contribution is 5.98. The van der Waals surface area contributed by atoms with Crippen molar-refractivity contribution in [3.05, 3.63) is 60.9 Å². The molecule has 3 nitrogen and oxygen atoms in total. The highest BCUT2D eigenvalue weighted by atomic mass is 79.9. The molecule has 2 aromatic heterocycles. The predicted molar refractivity (Wildman–Crippen MR) is 77.9 cm³/mol. The van der Waals surface area contributed by atoms with Crippen LogP contribution in [0.3, 0.4) is 0 Å².